The Morgan fingerprint density at radius 1 is 1.06 bits per heavy atom. The zero-order valence-corrected chi connectivity index (χ0v) is 11.7. The van der Waals surface area contributed by atoms with Crippen LogP contribution in [0.15, 0.2) is 0 Å². The molecule has 1 aliphatic heterocycles. The summed E-state index contributed by atoms with van der Waals surface area (Å²) in [5, 5.41) is 19.2. The smallest absolute Gasteiger partial charge is 0.183 e. The predicted octanol–water partition coefficient (Wildman–Crippen LogP) is 2.22. The molecule has 18 heavy (non-hydrogen) atoms. The maximum atomic E-state index is 9.72. The van der Waals surface area contributed by atoms with Gasteiger partial charge < -0.3 is 19.7 Å². The number of hydrogen-bond donors (Lipinski definition) is 2. The quantitative estimate of drug-likeness (QED) is 0.657. The third kappa shape index (κ3) is 5.65. The summed E-state index contributed by atoms with van der Waals surface area (Å²) < 4.78 is 11.0. The summed E-state index contributed by atoms with van der Waals surface area (Å²) in [5.41, 5.74) is 0. The SMILES string of the molecule is CCCCCCCCOC1OC(C)C(O)C[C@@H]1O. The maximum absolute atomic E-state index is 9.72. The van der Waals surface area contributed by atoms with Gasteiger partial charge in [-0.05, 0) is 13.3 Å². The number of aliphatic hydroxyl groups is 2. The zero-order chi connectivity index (χ0) is 13.4. The second kappa shape index (κ2) is 8.86. The van der Waals surface area contributed by atoms with Crippen LogP contribution in [0.2, 0.25) is 0 Å². The molecule has 1 fully saturated rings. The molecule has 4 heteroatoms. The van der Waals surface area contributed by atoms with Gasteiger partial charge in [-0.1, -0.05) is 39.0 Å². The molecule has 0 aromatic heterocycles. The van der Waals surface area contributed by atoms with E-state index >= 15 is 0 Å². The summed E-state index contributed by atoms with van der Waals surface area (Å²) in [6, 6.07) is 0. The van der Waals surface area contributed by atoms with Gasteiger partial charge in [0, 0.05) is 13.0 Å². The van der Waals surface area contributed by atoms with Gasteiger partial charge in [-0.3, -0.25) is 0 Å². The van der Waals surface area contributed by atoms with Crippen LogP contribution in [0.1, 0.15) is 58.8 Å². The van der Waals surface area contributed by atoms with Crippen LogP contribution in [0, 0.1) is 0 Å². The van der Waals surface area contributed by atoms with Gasteiger partial charge in [0.05, 0.1) is 12.2 Å². The van der Waals surface area contributed by atoms with Crippen LogP contribution < -0.4 is 0 Å². The number of rotatable bonds is 8. The Bertz CT molecular complexity index is 210. The maximum Gasteiger partial charge on any atom is 0.183 e. The normalized spacial score (nSPS) is 32.7. The van der Waals surface area contributed by atoms with E-state index in [-0.39, 0.29) is 6.10 Å². The van der Waals surface area contributed by atoms with E-state index in [9.17, 15) is 10.2 Å². The predicted molar refractivity (Wildman–Crippen MR) is 70.3 cm³/mol. The highest BCUT2D eigenvalue weighted by Gasteiger charge is 2.34. The Morgan fingerprint density at radius 2 is 1.72 bits per heavy atom. The van der Waals surface area contributed by atoms with E-state index in [2.05, 4.69) is 6.92 Å². The van der Waals surface area contributed by atoms with Gasteiger partial charge in [0.15, 0.2) is 6.29 Å². The molecule has 3 unspecified atom stereocenters. The lowest BCUT2D eigenvalue weighted by molar-refractivity contribution is -0.261. The largest absolute Gasteiger partial charge is 0.390 e. The van der Waals surface area contributed by atoms with E-state index in [1.54, 1.807) is 6.92 Å². The standard InChI is InChI=1S/C14H28O4/c1-3-4-5-6-7-8-9-17-14-13(16)10-12(15)11(2)18-14/h11-16H,3-10H2,1-2H3/t11?,12?,13-,14?/m0/s1. The lowest BCUT2D eigenvalue weighted by atomic mass is 10.0. The lowest BCUT2D eigenvalue weighted by Gasteiger charge is -2.35. The Labute approximate surface area is 110 Å². The number of unbranched alkanes of at least 4 members (excludes halogenated alkanes) is 5. The van der Waals surface area contributed by atoms with Crippen molar-refractivity contribution in [2.75, 3.05) is 6.61 Å². The molecule has 0 amide bonds. The van der Waals surface area contributed by atoms with E-state index < -0.39 is 18.5 Å². The minimum Gasteiger partial charge on any atom is -0.390 e. The first kappa shape index (κ1) is 15.9. The van der Waals surface area contributed by atoms with E-state index in [4.69, 9.17) is 9.47 Å². The number of ether oxygens (including phenoxy) is 2. The Morgan fingerprint density at radius 3 is 2.44 bits per heavy atom. The van der Waals surface area contributed by atoms with Crippen molar-refractivity contribution in [1.82, 2.24) is 0 Å². The highest BCUT2D eigenvalue weighted by molar-refractivity contribution is 4.78. The molecule has 1 rings (SSSR count). The average molecular weight is 260 g/mol. The van der Waals surface area contributed by atoms with Crippen LogP contribution >= 0.6 is 0 Å². The van der Waals surface area contributed by atoms with Crippen LogP contribution in [-0.2, 0) is 9.47 Å². The van der Waals surface area contributed by atoms with Crippen molar-refractivity contribution in [2.45, 2.75) is 83.4 Å². The number of aliphatic hydroxyl groups excluding tert-OH is 2. The molecule has 0 radical (unpaired) electrons. The van der Waals surface area contributed by atoms with Gasteiger partial charge in [-0.25, -0.2) is 0 Å². The van der Waals surface area contributed by atoms with Crippen LogP contribution in [0.3, 0.4) is 0 Å². The van der Waals surface area contributed by atoms with Crippen molar-refractivity contribution in [1.29, 1.82) is 0 Å². The number of hydrogen-bond acceptors (Lipinski definition) is 4. The fraction of sp³-hybridized carbons (Fsp3) is 1.00. The van der Waals surface area contributed by atoms with Crippen molar-refractivity contribution < 1.29 is 19.7 Å². The molecule has 0 aliphatic carbocycles. The van der Waals surface area contributed by atoms with E-state index in [1.807, 2.05) is 0 Å². The molecule has 1 saturated heterocycles. The molecule has 0 saturated carbocycles. The topological polar surface area (TPSA) is 58.9 Å². The molecule has 0 bridgehead atoms. The molecule has 0 aromatic rings. The monoisotopic (exact) mass is 260 g/mol. The molecule has 4 nitrogen and oxygen atoms in total. The Balaban J connectivity index is 2.04. The second-order valence-electron chi connectivity index (χ2n) is 5.22. The van der Waals surface area contributed by atoms with Crippen molar-refractivity contribution in [2.24, 2.45) is 0 Å². The van der Waals surface area contributed by atoms with Crippen LogP contribution in [0.5, 0.6) is 0 Å². The molecule has 0 spiro atoms. The summed E-state index contributed by atoms with van der Waals surface area (Å²) >= 11 is 0. The molecule has 0 aromatic carbocycles. The van der Waals surface area contributed by atoms with Gasteiger partial charge in [0.2, 0.25) is 0 Å². The summed E-state index contributed by atoms with van der Waals surface area (Å²) in [4.78, 5) is 0. The zero-order valence-electron chi connectivity index (χ0n) is 11.7. The summed E-state index contributed by atoms with van der Waals surface area (Å²) in [5.74, 6) is 0. The highest BCUT2D eigenvalue weighted by Crippen LogP contribution is 2.21. The molecular weight excluding hydrogens is 232 g/mol. The van der Waals surface area contributed by atoms with Crippen LogP contribution in [0.25, 0.3) is 0 Å². The lowest BCUT2D eigenvalue weighted by Crippen LogP contribution is -2.47. The fourth-order valence-corrected chi connectivity index (χ4v) is 2.18. The molecule has 2 N–H and O–H groups in total. The minimum atomic E-state index is -0.712. The highest BCUT2D eigenvalue weighted by atomic mass is 16.7. The van der Waals surface area contributed by atoms with Gasteiger partial charge in [0.1, 0.15) is 6.10 Å². The first-order valence-electron chi connectivity index (χ1n) is 7.28. The summed E-state index contributed by atoms with van der Waals surface area (Å²) in [6.07, 6.45) is 5.49. The molecule has 1 heterocycles. The Hall–Kier alpha value is -0.160. The van der Waals surface area contributed by atoms with Crippen molar-refractivity contribution >= 4 is 0 Å². The van der Waals surface area contributed by atoms with E-state index in [1.165, 1.54) is 32.1 Å². The Kier molecular flexibility index (Phi) is 7.82. The second-order valence-corrected chi connectivity index (χ2v) is 5.22. The van der Waals surface area contributed by atoms with Crippen LogP contribution in [0.4, 0.5) is 0 Å². The fourth-order valence-electron chi connectivity index (χ4n) is 2.18. The molecule has 108 valence electrons. The van der Waals surface area contributed by atoms with Gasteiger partial charge in [0.25, 0.3) is 0 Å². The first-order chi connectivity index (χ1) is 8.65. The van der Waals surface area contributed by atoms with Crippen molar-refractivity contribution in [3.8, 4) is 0 Å². The van der Waals surface area contributed by atoms with Gasteiger partial charge in [-0.2, -0.15) is 0 Å². The van der Waals surface area contributed by atoms with E-state index in [0.29, 0.717) is 13.0 Å². The van der Waals surface area contributed by atoms with Crippen molar-refractivity contribution in [3.05, 3.63) is 0 Å². The first-order valence-corrected chi connectivity index (χ1v) is 7.28. The van der Waals surface area contributed by atoms with Crippen molar-refractivity contribution in [3.63, 3.8) is 0 Å². The summed E-state index contributed by atoms with van der Waals surface area (Å²) in [6.45, 7) is 4.63. The molecule has 1 aliphatic rings. The average Bonchev–Trinajstić information content (AvgIpc) is 2.34. The van der Waals surface area contributed by atoms with Gasteiger partial charge in [-0.15, -0.1) is 0 Å². The molecule has 4 atom stereocenters. The third-order valence-corrected chi connectivity index (χ3v) is 3.47. The summed E-state index contributed by atoms with van der Waals surface area (Å²) in [7, 11) is 0. The van der Waals surface area contributed by atoms with E-state index in [0.717, 1.165) is 6.42 Å². The third-order valence-electron chi connectivity index (χ3n) is 3.47. The van der Waals surface area contributed by atoms with Crippen LogP contribution in [-0.4, -0.2) is 41.4 Å². The van der Waals surface area contributed by atoms with Gasteiger partial charge >= 0.3 is 0 Å². The minimum absolute atomic E-state index is 0.261. The molecular formula is C14H28O4.